The zero-order valence-corrected chi connectivity index (χ0v) is 16.4. The third-order valence-corrected chi connectivity index (χ3v) is 3.90. The van der Waals surface area contributed by atoms with Gasteiger partial charge in [-0.2, -0.15) is 0 Å². The Labute approximate surface area is 165 Å². The Balaban J connectivity index is 1.77. The second-order valence-electron chi connectivity index (χ2n) is 6.09. The quantitative estimate of drug-likeness (QED) is 0.581. The summed E-state index contributed by atoms with van der Waals surface area (Å²) in [6, 6.07) is 10.5. The number of nitrogens with zero attached hydrogens (tertiary/aromatic N) is 1. The standard InChI is InChI=1S/C21H27N3O4/c1-3-5-13-28-18-10-8-16(9-11-18)20(26)24-15-19(25)23-14-17-7-6-12-22-21(17)27-4-2/h6-12H,3-5,13-15H2,1-2H3,(H,23,25)(H,24,26). The number of carbonyl (C=O) groups excluding carboxylic acids is 2. The van der Waals surface area contributed by atoms with Crippen LogP contribution in [0.15, 0.2) is 42.6 Å². The average molecular weight is 385 g/mol. The summed E-state index contributed by atoms with van der Waals surface area (Å²) in [5.41, 5.74) is 1.25. The van der Waals surface area contributed by atoms with Crippen molar-refractivity contribution in [3.05, 3.63) is 53.7 Å². The van der Waals surface area contributed by atoms with Gasteiger partial charge in [0, 0.05) is 23.9 Å². The molecule has 1 aromatic carbocycles. The van der Waals surface area contributed by atoms with E-state index in [2.05, 4.69) is 22.5 Å². The topological polar surface area (TPSA) is 89.5 Å². The maximum absolute atomic E-state index is 12.2. The first-order valence-corrected chi connectivity index (χ1v) is 9.48. The lowest BCUT2D eigenvalue weighted by Crippen LogP contribution is -2.36. The Kier molecular flexibility index (Phi) is 8.78. The van der Waals surface area contributed by atoms with Gasteiger partial charge < -0.3 is 20.1 Å². The minimum Gasteiger partial charge on any atom is -0.494 e. The summed E-state index contributed by atoms with van der Waals surface area (Å²) in [6.45, 7) is 5.29. The third kappa shape index (κ3) is 6.90. The van der Waals surface area contributed by atoms with E-state index in [0.29, 0.717) is 24.7 Å². The van der Waals surface area contributed by atoms with Crippen molar-refractivity contribution in [2.24, 2.45) is 0 Å². The molecule has 1 heterocycles. The molecule has 0 fully saturated rings. The van der Waals surface area contributed by atoms with Crippen LogP contribution in [0.5, 0.6) is 11.6 Å². The highest BCUT2D eigenvalue weighted by Gasteiger charge is 2.10. The number of hydrogen-bond donors (Lipinski definition) is 2. The number of benzene rings is 1. The molecule has 0 aliphatic carbocycles. The molecule has 7 nitrogen and oxygen atoms in total. The van der Waals surface area contributed by atoms with Crippen LogP contribution in [0.25, 0.3) is 0 Å². The monoisotopic (exact) mass is 385 g/mol. The molecule has 2 amide bonds. The normalized spacial score (nSPS) is 10.2. The molecule has 0 atom stereocenters. The number of aromatic nitrogens is 1. The number of unbranched alkanes of at least 4 members (excludes halogenated alkanes) is 1. The van der Waals surface area contributed by atoms with E-state index in [4.69, 9.17) is 9.47 Å². The summed E-state index contributed by atoms with van der Waals surface area (Å²) in [5, 5.41) is 5.36. The first kappa shape index (κ1) is 21.2. The van der Waals surface area contributed by atoms with E-state index in [1.54, 1.807) is 36.5 Å². The zero-order chi connectivity index (χ0) is 20.2. The number of pyridine rings is 1. The zero-order valence-electron chi connectivity index (χ0n) is 16.4. The summed E-state index contributed by atoms with van der Waals surface area (Å²) in [4.78, 5) is 28.3. The molecule has 2 rings (SSSR count). The second-order valence-corrected chi connectivity index (χ2v) is 6.09. The number of rotatable bonds is 11. The minimum absolute atomic E-state index is 0.113. The van der Waals surface area contributed by atoms with Crippen molar-refractivity contribution >= 4 is 11.8 Å². The molecule has 2 aromatic rings. The van der Waals surface area contributed by atoms with Crippen molar-refractivity contribution < 1.29 is 19.1 Å². The molecule has 0 spiro atoms. The van der Waals surface area contributed by atoms with Gasteiger partial charge in [0.15, 0.2) is 0 Å². The number of nitrogens with one attached hydrogen (secondary N) is 2. The number of hydrogen-bond acceptors (Lipinski definition) is 5. The maximum Gasteiger partial charge on any atom is 0.251 e. The fourth-order valence-corrected chi connectivity index (χ4v) is 2.38. The summed E-state index contributed by atoms with van der Waals surface area (Å²) in [5.74, 6) is 0.616. The van der Waals surface area contributed by atoms with E-state index >= 15 is 0 Å². The van der Waals surface area contributed by atoms with E-state index in [9.17, 15) is 9.59 Å². The van der Waals surface area contributed by atoms with Crippen LogP contribution in [0.2, 0.25) is 0 Å². The number of carbonyl (C=O) groups is 2. The maximum atomic E-state index is 12.2. The molecule has 0 unspecified atom stereocenters. The molecule has 0 saturated carbocycles. The Hall–Kier alpha value is -3.09. The molecule has 2 N–H and O–H groups in total. The van der Waals surface area contributed by atoms with Gasteiger partial charge in [0.25, 0.3) is 5.91 Å². The molecule has 0 radical (unpaired) electrons. The Morgan fingerprint density at radius 2 is 1.82 bits per heavy atom. The van der Waals surface area contributed by atoms with E-state index in [-0.39, 0.29) is 24.9 Å². The molecule has 0 aliphatic rings. The molecule has 7 heteroatoms. The average Bonchev–Trinajstić information content (AvgIpc) is 2.72. The molecule has 0 aliphatic heterocycles. The molecule has 0 bridgehead atoms. The fourth-order valence-electron chi connectivity index (χ4n) is 2.38. The Bertz CT molecular complexity index is 763. The lowest BCUT2D eigenvalue weighted by Gasteiger charge is -2.10. The van der Waals surface area contributed by atoms with Gasteiger partial charge in [-0.15, -0.1) is 0 Å². The Morgan fingerprint density at radius 1 is 1.04 bits per heavy atom. The Morgan fingerprint density at radius 3 is 2.54 bits per heavy atom. The summed E-state index contributed by atoms with van der Waals surface area (Å²) >= 11 is 0. The molecule has 0 saturated heterocycles. The van der Waals surface area contributed by atoms with Crippen molar-refractivity contribution in [1.29, 1.82) is 0 Å². The largest absolute Gasteiger partial charge is 0.494 e. The minimum atomic E-state index is -0.313. The van der Waals surface area contributed by atoms with Crippen LogP contribution in [0, 0.1) is 0 Å². The molecule has 150 valence electrons. The molecule has 28 heavy (non-hydrogen) atoms. The highest BCUT2D eigenvalue weighted by atomic mass is 16.5. The summed E-state index contributed by atoms with van der Waals surface area (Å²) in [7, 11) is 0. The SMILES string of the molecule is CCCCOc1ccc(C(=O)NCC(=O)NCc2cccnc2OCC)cc1. The fraction of sp³-hybridized carbons (Fsp3) is 0.381. The van der Waals surface area contributed by atoms with Crippen molar-refractivity contribution in [3.63, 3.8) is 0 Å². The predicted molar refractivity (Wildman–Crippen MR) is 106 cm³/mol. The van der Waals surface area contributed by atoms with Crippen molar-refractivity contribution in [2.75, 3.05) is 19.8 Å². The summed E-state index contributed by atoms with van der Waals surface area (Å²) < 4.78 is 11.0. The molecular formula is C21H27N3O4. The third-order valence-electron chi connectivity index (χ3n) is 3.90. The first-order valence-electron chi connectivity index (χ1n) is 9.48. The second kappa shape index (κ2) is 11.6. The number of ether oxygens (including phenoxy) is 2. The summed E-state index contributed by atoms with van der Waals surface area (Å²) in [6.07, 6.45) is 3.69. The molecular weight excluding hydrogens is 358 g/mol. The van der Waals surface area contributed by atoms with Gasteiger partial charge in [0.05, 0.1) is 19.8 Å². The van der Waals surface area contributed by atoms with Gasteiger partial charge in [-0.05, 0) is 43.7 Å². The highest BCUT2D eigenvalue weighted by Crippen LogP contribution is 2.14. The van der Waals surface area contributed by atoms with E-state index in [1.165, 1.54) is 0 Å². The van der Waals surface area contributed by atoms with Crippen LogP contribution in [0.3, 0.4) is 0 Å². The van der Waals surface area contributed by atoms with Gasteiger partial charge in [-0.3, -0.25) is 9.59 Å². The predicted octanol–water partition coefficient (Wildman–Crippen LogP) is 2.71. The smallest absolute Gasteiger partial charge is 0.251 e. The van der Waals surface area contributed by atoms with Gasteiger partial charge in [0.2, 0.25) is 11.8 Å². The van der Waals surface area contributed by atoms with Crippen LogP contribution in [-0.4, -0.2) is 36.6 Å². The lowest BCUT2D eigenvalue weighted by atomic mass is 10.2. The van der Waals surface area contributed by atoms with Crippen molar-refractivity contribution in [3.8, 4) is 11.6 Å². The van der Waals surface area contributed by atoms with Crippen LogP contribution in [-0.2, 0) is 11.3 Å². The van der Waals surface area contributed by atoms with Crippen LogP contribution in [0.1, 0.15) is 42.6 Å². The van der Waals surface area contributed by atoms with E-state index in [0.717, 1.165) is 24.2 Å². The van der Waals surface area contributed by atoms with E-state index < -0.39 is 0 Å². The van der Waals surface area contributed by atoms with E-state index in [1.807, 2.05) is 13.0 Å². The van der Waals surface area contributed by atoms with Crippen LogP contribution in [0.4, 0.5) is 0 Å². The number of amides is 2. The highest BCUT2D eigenvalue weighted by molar-refractivity contribution is 5.96. The first-order chi connectivity index (χ1) is 13.6. The van der Waals surface area contributed by atoms with Crippen LogP contribution >= 0.6 is 0 Å². The van der Waals surface area contributed by atoms with Crippen molar-refractivity contribution in [1.82, 2.24) is 15.6 Å². The van der Waals surface area contributed by atoms with Crippen molar-refractivity contribution in [2.45, 2.75) is 33.2 Å². The lowest BCUT2D eigenvalue weighted by molar-refractivity contribution is -0.120. The van der Waals surface area contributed by atoms with Crippen LogP contribution < -0.4 is 20.1 Å². The molecule has 1 aromatic heterocycles. The van der Waals surface area contributed by atoms with Gasteiger partial charge >= 0.3 is 0 Å². The van der Waals surface area contributed by atoms with Gasteiger partial charge in [-0.25, -0.2) is 4.98 Å². The van der Waals surface area contributed by atoms with Gasteiger partial charge in [0.1, 0.15) is 5.75 Å². The van der Waals surface area contributed by atoms with Gasteiger partial charge in [-0.1, -0.05) is 19.4 Å².